The van der Waals surface area contributed by atoms with Crippen LogP contribution in [0.5, 0.6) is 0 Å². The van der Waals surface area contributed by atoms with Crippen molar-refractivity contribution in [3.8, 4) is 0 Å². The van der Waals surface area contributed by atoms with Crippen molar-refractivity contribution in [1.82, 2.24) is 4.90 Å². The normalized spacial score (nSPS) is 23.0. The van der Waals surface area contributed by atoms with Crippen LogP contribution in [-0.2, 0) is 25.6 Å². The maximum atomic E-state index is 14.1. The third-order valence-corrected chi connectivity index (χ3v) is 9.27. The number of hydrogen-bond donors (Lipinski definition) is 0. The van der Waals surface area contributed by atoms with Crippen molar-refractivity contribution in [2.75, 3.05) is 6.54 Å². The first-order chi connectivity index (χ1) is 18.3. The van der Waals surface area contributed by atoms with Gasteiger partial charge >= 0.3 is 0 Å². The minimum absolute atomic E-state index is 0.00564. The van der Waals surface area contributed by atoms with E-state index < -0.39 is 23.5 Å². The zero-order valence-electron chi connectivity index (χ0n) is 25.0. The summed E-state index contributed by atoms with van der Waals surface area (Å²) in [5, 5.41) is 0. The van der Waals surface area contributed by atoms with E-state index >= 15 is 0 Å². The number of Topliss-reactive ketones (excluding diaryl/α,β-unsaturated/α-hetero) is 3. The molecule has 3 rings (SSSR count). The molecular weight excluding hydrogens is 486 g/mol. The molecule has 5 atom stereocenters. The molecule has 0 spiro atoms. The first-order valence-corrected chi connectivity index (χ1v) is 14.9. The summed E-state index contributed by atoms with van der Waals surface area (Å²) in [6.07, 6.45) is 6.08. The average Bonchev–Trinajstić information content (AvgIpc) is 3.21. The Labute approximate surface area is 235 Å². The van der Waals surface area contributed by atoms with E-state index in [-0.39, 0.29) is 47.2 Å². The molecule has 1 saturated heterocycles. The van der Waals surface area contributed by atoms with Gasteiger partial charge in [0.1, 0.15) is 0 Å². The second-order valence-electron chi connectivity index (χ2n) is 13.5. The van der Waals surface area contributed by atoms with Gasteiger partial charge in [-0.3, -0.25) is 19.2 Å². The second kappa shape index (κ2) is 12.7. The van der Waals surface area contributed by atoms with E-state index in [1.807, 2.05) is 30.0 Å². The largest absolute Gasteiger partial charge is 0.332 e. The number of rotatable bonds is 15. The summed E-state index contributed by atoms with van der Waals surface area (Å²) in [5.41, 5.74) is 1.04. The van der Waals surface area contributed by atoms with Gasteiger partial charge in [0.15, 0.2) is 11.6 Å². The van der Waals surface area contributed by atoms with Gasteiger partial charge in [-0.25, -0.2) is 0 Å². The van der Waals surface area contributed by atoms with Crippen molar-refractivity contribution in [3.63, 3.8) is 0 Å². The molecule has 5 unspecified atom stereocenters. The van der Waals surface area contributed by atoms with Gasteiger partial charge in [-0.2, -0.15) is 0 Å². The van der Waals surface area contributed by atoms with Crippen molar-refractivity contribution < 1.29 is 19.2 Å². The summed E-state index contributed by atoms with van der Waals surface area (Å²) < 4.78 is 0. The van der Waals surface area contributed by atoms with Crippen LogP contribution >= 0.6 is 0 Å². The number of hydrogen-bond acceptors (Lipinski definition) is 4. The molecule has 2 fully saturated rings. The summed E-state index contributed by atoms with van der Waals surface area (Å²) in [6.45, 7) is 16.9. The van der Waals surface area contributed by atoms with Crippen molar-refractivity contribution >= 4 is 23.3 Å². The number of fused-ring (bicyclic) bond motifs is 1. The number of piperidine rings is 1. The lowest BCUT2D eigenvalue weighted by Gasteiger charge is -2.38. The highest BCUT2D eigenvalue weighted by atomic mass is 16.2. The van der Waals surface area contributed by atoms with E-state index in [1.54, 1.807) is 6.08 Å². The molecular formula is C34H49NO4. The smallest absolute Gasteiger partial charge is 0.226 e. The number of ketones is 3. The number of aryl methyl sites for hydroxylation is 1. The van der Waals surface area contributed by atoms with Crippen LogP contribution in [0.15, 0.2) is 43.0 Å². The van der Waals surface area contributed by atoms with Crippen LogP contribution in [0, 0.1) is 34.5 Å². The van der Waals surface area contributed by atoms with Crippen LogP contribution in [0.25, 0.3) is 0 Å². The summed E-state index contributed by atoms with van der Waals surface area (Å²) in [6, 6.07) is 9.83. The van der Waals surface area contributed by atoms with E-state index in [4.69, 9.17) is 0 Å². The summed E-state index contributed by atoms with van der Waals surface area (Å²) in [4.78, 5) is 55.4. The Morgan fingerprint density at radius 2 is 1.77 bits per heavy atom. The third-order valence-electron chi connectivity index (χ3n) is 9.27. The Hall–Kier alpha value is -2.56. The van der Waals surface area contributed by atoms with Crippen molar-refractivity contribution in [1.29, 1.82) is 0 Å². The van der Waals surface area contributed by atoms with E-state index in [0.29, 0.717) is 25.3 Å². The predicted molar refractivity (Wildman–Crippen MR) is 156 cm³/mol. The molecule has 0 aromatic heterocycles. The van der Waals surface area contributed by atoms with Gasteiger partial charge in [0.2, 0.25) is 11.7 Å². The summed E-state index contributed by atoms with van der Waals surface area (Å²) >= 11 is 0. The maximum absolute atomic E-state index is 14.1. The Balaban J connectivity index is 1.77. The summed E-state index contributed by atoms with van der Waals surface area (Å²) in [5.74, 6) is -1.23. The molecule has 1 aromatic carbocycles. The highest BCUT2D eigenvalue weighted by molar-refractivity contribution is 6.38. The average molecular weight is 536 g/mol. The van der Waals surface area contributed by atoms with Crippen molar-refractivity contribution in [2.24, 2.45) is 34.5 Å². The van der Waals surface area contributed by atoms with Crippen LogP contribution in [0.1, 0.15) is 92.1 Å². The fraction of sp³-hybridized carbons (Fsp3) is 0.647. The number of allylic oxidation sites excluding steroid dienone is 1. The van der Waals surface area contributed by atoms with Gasteiger partial charge < -0.3 is 4.90 Å². The van der Waals surface area contributed by atoms with Crippen LogP contribution in [0.4, 0.5) is 0 Å². The zero-order valence-corrected chi connectivity index (χ0v) is 25.0. The monoisotopic (exact) mass is 535 g/mol. The quantitative estimate of drug-likeness (QED) is 0.187. The molecule has 2 aliphatic rings. The van der Waals surface area contributed by atoms with Gasteiger partial charge in [0, 0.05) is 31.2 Å². The molecule has 1 amide bonds. The minimum Gasteiger partial charge on any atom is -0.332 e. The standard InChI is InChI=1S/C34H49NO4/c1-8-10-20-27(36)31(38)24(15-9-2)21-28(37)30-29-26(34(29,6)7)22-35(30)32(39)25(33(3,4)5)19-14-18-23-16-12-11-13-17-23/h8,11-13,16-17,24-26,29-30H,1,9-10,14-15,18-22H2,2-7H3. The lowest BCUT2D eigenvalue weighted by atomic mass is 9.76. The SMILES string of the molecule is C=CCCC(=O)C(=O)C(CCC)CC(=O)C1C2C(CN1C(=O)C(CCCc1ccccc1)C(C)(C)C)C2(C)C. The van der Waals surface area contributed by atoms with E-state index in [0.717, 1.165) is 25.7 Å². The lowest BCUT2D eigenvalue weighted by molar-refractivity contribution is -0.147. The van der Waals surface area contributed by atoms with E-state index in [2.05, 4.69) is 53.3 Å². The van der Waals surface area contributed by atoms with Crippen molar-refractivity contribution in [2.45, 2.75) is 99.0 Å². The molecule has 1 saturated carbocycles. The lowest BCUT2D eigenvalue weighted by Crippen LogP contribution is -2.50. The number of carbonyl (C=O) groups is 4. The maximum Gasteiger partial charge on any atom is 0.226 e. The van der Waals surface area contributed by atoms with Crippen LogP contribution in [-0.4, -0.2) is 40.7 Å². The number of carbonyl (C=O) groups excluding carboxylic acids is 4. The molecule has 0 N–H and O–H groups in total. The Morgan fingerprint density at radius 1 is 1.10 bits per heavy atom. The molecule has 214 valence electrons. The van der Waals surface area contributed by atoms with E-state index in [9.17, 15) is 19.2 Å². The Bertz CT molecular complexity index is 1050. The van der Waals surface area contributed by atoms with Gasteiger partial charge in [0.05, 0.1) is 6.04 Å². The van der Waals surface area contributed by atoms with Gasteiger partial charge in [-0.05, 0) is 60.3 Å². The van der Waals surface area contributed by atoms with Crippen molar-refractivity contribution in [3.05, 3.63) is 48.6 Å². The highest BCUT2D eigenvalue weighted by Crippen LogP contribution is 2.65. The fourth-order valence-corrected chi connectivity index (χ4v) is 6.79. The van der Waals surface area contributed by atoms with E-state index in [1.165, 1.54) is 5.56 Å². The van der Waals surface area contributed by atoms with Gasteiger partial charge in [0.25, 0.3) is 0 Å². The highest BCUT2D eigenvalue weighted by Gasteiger charge is 2.69. The van der Waals surface area contributed by atoms with Gasteiger partial charge in [-0.1, -0.05) is 84.4 Å². The van der Waals surface area contributed by atoms with Crippen LogP contribution in [0.3, 0.4) is 0 Å². The third kappa shape index (κ3) is 7.15. The number of benzene rings is 1. The molecule has 5 nitrogen and oxygen atoms in total. The number of nitrogens with zero attached hydrogens (tertiary/aromatic N) is 1. The molecule has 39 heavy (non-hydrogen) atoms. The van der Waals surface area contributed by atoms with Crippen LogP contribution < -0.4 is 0 Å². The first kappa shape index (κ1) is 31.0. The minimum atomic E-state index is -0.609. The zero-order chi connectivity index (χ0) is 29.0. The topological polar surface area (TPSA) is 71.5 Å². The first-order valence-electron chi connectivity index (χ1n) is 14.9. The second-order valence-corrected chi connectivity index (χ2v) is 13.5. The Kier molecular flexibility index (Phi) is 10.1. The summed E-state index contributed by atoms with van der Waals surface area (Å²) in [7, 11) is 0. The molecule has 0 radical (unpaired) electrons. The molecule has 0 bridgehead atoms. The predicted octanol–water partition coefficient (Wildman–Crippen LogP) is 6.63. The van der Waals surface area contributed by atoms with Gasteiger partial charge in [-0.15, -0.1) is 6.58 Å². The number of amides is 1. The molecule has 1 aromatic rings. The molecule has 1 heterocycles. The fourth-order valence-electron chi connectivity index (χ4n) is 6.79. The number of likely N-dealkylation sites (tertiary alicyclic amines) is 1. The molecule has 1 aliphatic heterocycles. The Morgan fingerprint density at radius 3 is 2.36 bits per heavy atom. The molecule has 5 heteroatoms. The van der Waals surface area contributed by atoms with Crippen LogP contribution in [0.2, 0.25) is 0 Å². The molecule has 1 aliphatic carbocycles.